The van der Waals surface area contributed by atoms with E-state index in [1.807, 2.05) is 54.0 Å². The molecule has 2 aromatic carbocycles. The van der Waals surface area contributed by atoms with Gasteiger partial charge in [0.1, 0.15) is 0 Å². The maximum atomic E-state index is 12.4. The number of thioether (sulfide) groups is 1. The number of carbonyl (C=O) groups is 1. The van der Waals surface area contributed by atoms with E-state index in [4.69, 9.17) is 11.6 Å². The Balaban J connectivity index is 1.67. The van der Waals surface area contributed by atoms with Gasteiger partial charge < -0.3 is 9.88 Å². The molecule has 1 amide bonds. The number of aromatic nitrogens is 3. The van der Waals surface area contributed by atoms with E-state index in [-0.39, 0.29) is 17.7 Å². The van der Waals surface area contributed by atoms with Crippen molar-refractivity contribution in [3.05, 3.63) is 64.7 Å². The quantitative estimate of drug-likeness (QED) is 0.559. The second-order valence-corrected chi connectivity index (χ2v) is 7.81. The van der Waals surface area contributed by atoms with E-state index < -0.39 is 0 Å². The average Bonchev–Trinajstić information content (AvgIpc) is 3.09. The Labute approximate surface area is 174 Å². The third kappa shape index (κ3) is 4.56. The lowest BCUT2D eigenvalue weighted by Crippen LogP contribution is -2.28. The number of hydrogen-bond donors (Lipinski definition) is 1. The van der Waals surface area contributed by atoms with Gasteiger partial charge in [0.15, 0.2) is 11.0 Å². The molecule has 0 fully saturated rings. The van der Waals surface area contributed by atoms with Gasteiger partial charge in [-0.15, -0.1) is 10.2 Å². The second kappa shape index (κ2) is 9.26. The summed E-state index contributed by atoms with van der Waals surface area (Å²) in [5, 5.41) is 13.0. The lowest BCUT2D eigenvalue weighted by Gasteiger charge is -2.15. The highest BCUT2D eigenvalue weighted by atomic mass is 35.5. The normalized spacial score (nSPS) is 12.0. The van der Waals surface area contributed by atoms with Crippen LogP contribution in [0.1, 0.15) is 31.0 Å². The highest BCUT2D eigenvalue weighted by Gasteiger charge is 2.17. The largest absolute Gasteiger partial charge is 0.349 e. The first-order valence-corrected chi connectivity index (χ1v) is 10.5. The predicted molar refractivity (Wildman–Crippen MR) is 115 cm³/mol. The first-order chi connectivity index (χ1) is 13.5. The van der Waals surface area contributed by atoms with Crippen LogP contribution in [0.2, 0.25) is 5.02 Å². The summed E-state index contributed by atoms with van der Waals surface area (Å²) in [5.74, 6) is 1.02. The molecule has 3 rings (SSSR count). The smallest absolute Gasteiger partial charge is 0.230 e. The SMILES string of the molecule is CCn1c(SCC(=O)NC(C)c2ccccc2Cl)nnc1-c1ccccc1C. The summed E-state index contributed by atoms with van der Waals surface area (Å²) in [7, 11) is 0. The molecule has 0 bridgehead atoms. The van der Waals surface area contributed by atoms with E-state index in [1.165, 1.54) is 11.8 Å². The van der Waals surface area contributed by atoms with Gasteiger partial charge in [0.2, 0.25) is 5.91 Å². The van der Waals surface area contributed by atoms with Crippen molar-refractivity contribution in [1.82, 2.24) is 20.1 Å². The van der Waals surface area contributed by atoms with Crippen LogP contribution in [0.5, 0.6) is 0 Å². The van der Waals surface area contributed by atoms with Crippen LogP contribution in [0, 0.1) is 6.92 Å². The number of rotatable bonds is 7. The molecular weight excluding hydrogens is 392 g/mol. The zero-order chi connectivity index (χ0) is 20.1. The molecular formula is C21H23ClN4OS. The van der Waals surface area contributed by atoms with Crippen molar-refractivity contribution >= 4 is 29.3 Å². The van der Waals surface area contributed by atoms with Crippen molar-refractivity contribution in [2.24, 2.45) is 0 Å². The van der Waals surface area contributed by atoms with Crippen molar-refractivity contribution in [2.45, 2.75) is 38.5 Å². The second-order valence-electron chi connectivity index (χ2n) is 6.46. The van der Waals surface area contributed by atoms with Crippen LogP contribution in [0.15, 0.2) is 53.7 Å². The molecule has 0 aliphatic rings. The highest BCUT2D eigenvalue weighted by Crippen LogP contribution is 2.26. The van der Waals surface area contributed by atoms with E-state index in [0.29, 0.717) is 5.02 Å². The Kier molecular flexibility index (Phi) is 6.75. The van der Waals surface area contributed by atoms with E-state index in [0.717, 1.165) is 34.2 Å². The monoisotopic (exact) mass is 414 g/mol. The minimum Gasteiger partial charge on any atom is -0.349 e. The minimum atomic E-state index is -0.159. The lowest BCUT2D eigenvalue weighted by atomic mass is 10.1. The summed E-state index contributed by atoms with van der Waals surface area (Å²) in [6.45, 7) is 6.76. The van der Waals surface area contributed by atoms with Gasteiger partial charge in [0.05, 0.1) is 11.8 Å². The fraction of sp³-hybridized carbons (Fsp3) is 0.286. The third-order valence-corrected chi connectivity index (χ3v) is 5.81. The number of amides is 1. The predicted octanol–water partition coefficient (Wildman–Crippen LogP) is 4.90. The zero-order valence-corrected chi connectivity index (χ0v) is 17.7. The van der Waals surface area contributed by atoms with Crippen LogP contribution in [-0.2, 0) is 11.3 Å². The molecule has 0 radical (unpaired) electrons. The number of benzene rings is 2. The van der Waals surface area contributed by atoms with Crippen molar-refractivity contribution in [3.8, 4) is 11.4 Å². The highest BCUT2D eigenvalue weighted by molar-refractivity contribution is 7.99. The first kappa shape index (κ1) is 20.4. The summed E-state index contributed by atoms with van der Waals surface area (Å²) < 4.78 is 2.04. The third-order valence-electron chi connectivity index (χ3n) is 4.50. The molecule has 7 heteroatoms. The summed E-state index contributed by atoms with van der Waals surface area (Å²) in [4.78, 5) is 12.4. The number of hydrogen-bond acceptors (Lipinski definition) is 4. The summed E-state index contributed by atoms with van der Waals surface area (Å²) in [5.41, 5.74) is 3.11. The van der Waals surface area contributed by atoms with Crippen LogP contribution in [0.3, 0.4) is 0 Å². The summed E-state index contributed by atoms with van der Waals surface area (Å²) in [6.07, 6.45) is 0. The lowest BCUT2D eigenvalue weighted by molar-refractivity contribution is -0.119. The Morgan fingerprint density at radius 1 is 1.18 bits per heavy atom. The van der Waals surface area contributed by atoms with Gasteiger partial charge in [0.25, 0.3) is 0 Å². The molecule has 1 heterocycles. The van der Waals surface area contributed by atoms with Crippen LogP contribution in [0.4, 0.5) is 0 Å². The van der Waals surface area contributed by atoms with Crippen LogP contribution >= 0.6 is 23.4 Å². The number of halogens is 1. The van der Waals surface area contributed by atoms with Crippen molar-refractivity contribution in [2.75, 3.05) is 5.75 Å². The van der Waals surface area contributed by atoms with Gasteiger partial charge in [0, 0.05) is 17.1 Å². The first-order valence-electron chi connectivity index (χ1n) is 9.17. The van der Waals surface area contributed by atoms with Crippen LogP contribution < -0.4 is 5.32 Å². The van der Waals surface area contributed by atoms with E-state index >= 15 is 0 Å². The molecule has 1 unspecified atom stereocenters. The Hall–Kier alpha value is -2.31. The van der Waals surface area contributed by atoms with Gasteiger partial charge in [-0.1, -0.05) is 65.8 Å². The Morgan fingerprint density at radius 3 is 2.61 bits per heavy atom. The van der Waals surface area contributed by atoms with Gasteiger partial charge in [-0.3, -0.25) is 4.79 Å². The molecule has 1 atom stereocenters. The molecule has 0 aliphatic heterocycles. The number of nitrogens with one attached hydrogen (secondary N) is 1. The fourth-order valence-electron chi connectivity index (χ4n) is 3.02. The van der Waals surface area contributed by atoms with Crippen LogP contribution in [0.25, 0.3) is 11.4 Å². The van der Waals surface area contributed by atoms with Crippen molar-refractivity contribution in [1.29, 1.82) is 0 Å². The van der Waals surface area contributed by atoms with Crippen molar-refractivity contribution in [3.63, 3.8) is 0 Å². The van der Waals surface area contributed by atoms with E-state index in [9.17, 15) is 4.79 Å². The summed E-state index contributed by atoms with van der Waals surface area (Å²) in [6, 6.07) is 15.5. The maximum Gasteiger partial charge on any atom is 0.230 e. The molecule has 5 nitrogen and oxygen atoms in total. The van der Waals surface area contributed by atoms with Crippen molar-refractivity contribution < 1.29 is 4.79 Å². The molecule has 0 aliphatic carbocycles. The molecule has 146 valence electrons. The average molecular weight is 415 g/mol. The molecule has 1 aromatic heterocycles. The van der Waals surface area contributed by atoms with E-state index in [1.54, 1.807) is 0 Å². The zero-order valence-electron chi connectivity index (χ0n) is 16.1. The number of aryl methyl sites for hydroxylation is 1. The van der Waals surface area contributed by atoms with Crippen LogP contribution in [-0.4, -0.2) is 26.4 Å². The number of carbonyl (C=O) groups excluding carboxylic acids is 1. The minimum absolute atomic E-state index is 0.0690. The number of nitrogens with zero attached hydrogens (tertiary/aromatic N) is 3. The molecule has 0 saturated carbocycles. The molecule has 3 aromatic rings. The fourth-order valence-corrected chi connectivity index (χ4v) is 4.13. The molecule has 0 saturated heterocycles. The molecule has 28 heavy (non-hydrogen) atoms. The van der Waals surface area contributed by atoms with Gasteiger partial charge in [-0.25, -0.2) is 0 Å². The summed E-state index contributed by atoms with van der Waals surface area (Å²) >= 11 is 7.60. The van der Waals surface area contributed by atoms with E-state index in [2.05, 4.69) is 35.4 Å². The standard InChI is InChI=1S/C21H23ClN4OS/c1-4-26-20(16-10-6-5-9-14(16)2)24-25-21(26)28-13-19(27)23-15(3)17-11-7-8-12-18(17)22/h5-12,15H,4,13H2,1-3H3,(H,23,27). The van der Waals surface area contributed by atoms with Gasteiger partial charge in [-0.2, -0.15) is 0 Å². The topological polar surface area (TPSA) is 59.8 Å². The molecule has 1 N–H and O–H groups in total. The Morgan fingerprint density at radius 2 is 1.89 bits per heavy atom. The van der Waals surface area contributed by atoms with Gasteiger partial charge in [-0.05, 0) is 38.0 Å². The molecule has 0 spiro atoms. The maximum absolute atomic E-state index is 12.4. The Bertz CT molecular complexity index is 973. The van der Waals surface area contributed by atoms with Gasteiger partial charge >= 0.3 is 0 Å².